The van der Waals surface area contributed by atoms with Gasteiger partial charge in [-0.15, -0.1) is 10.2 Å². The molecular weight excluding hydrogens is 413 g/mol. The fourth-order valence-corrected chi connectivity index (χ4v) is 3.69. The Hall–Kier alpha value is -3.20. The van der Waals surface area contributed by atoms with Crippen molar-refractivity contribution in [2.24, 2.45) is 5.41 Å². The molecule has 0 saturated carbocycles. The zero-order valence-electron chi connectivity index (χ0n) is 18.3. The van der Waals surface area contributed by atoms with Gasteiger partial charge < -0.3 is 25.0 Å². The van der Waals surface area contributed by atoms with Gasteiger partial charge in [-0.25, -0.2) is 4.39 Å². The molecular formula is C23H28FN5O3. The molecule has 1 saturated heterocycles. The second-order valence-electron chi connectivity index (χ2n) is 8.82. The number of aromatic nitrogens is 3. The predicted molar refractivity (Wildman–Crippen MR) is 118 cm³/mol. The number of aromatic amines is 1. The van der Waals surface area contributed by atoms with Crippen molar-refractivity contribution in [3.8, 4) is 11.4 Å². The van der Waals surface area contributed by atoms with E-state index in [0.717, 1.165) is 37.3 Å². The molecule has 170 valence electrons. The first-order valence-electron chi connectivity index (χ1n) is 10.8. The number of nitrogens with zero attached hydrogens (tertiary/aromatic N) is 3. The molecule has 3 N–H and O–H groups in total. The van der Waals surface area contributed by atoms with Gasteiger partial charge in [0.25, 0.3) is 0 Å². The van der Waals surface area contributed by atoms with Gasteiger partial charge in [-0.2, -0.15) is 0 Å². The number of aliphatic carboxylic acids is 1. The van der Waals surface area contributed by atoms with Gasteiger partial charge in [0, 0.05) is 30.8 Å². The molecule has 0 amide bonds. The molecule has 2 aliphatic heterocycles. The highest BCUT2D eigenvalue weighted by atomic mass is 19.1. The Balaban J connectivity index is 1.33. The number of nitrogens with one attached hydrogen (secondary N) is 2. The van der Waals surface area contributed by atoms with Crippen LogP contribution in [0.3, 0.4) is 0 Å². The van der Waals surface area contributed by atoms with E-state index in [4.69, 9.17) is 4.74 Å². The summed E-state index contributed by atoms with van der Waals surface area (Å²) in [6.45, 7) is 5.86. The van der Waals surface area contributed by atoms with Crippen LogP contribution >= 0.6 is 0 Å². The predicted octanol–water partition coefficient (Wildman–Crippen LogP) is 3.03. The fraction of sp³-hybridized carbons (Fsp3) is 0.435. The van der Waals surface area contributed by atoms with Crippen LogP contribution in [-0.4, -0.2) is 63.5 Å². The minimum atomic E-state index is -0.874. The molecule has 32 heavy (non-hydrogen) atoms. The van der Waals surface area contributed by atoms with Crippen molar-refractivity contribution in [2.75, 3.05) is 26.2 Å². The Morgan fingerprint density at radius 3 is 2.66 bits per heavy atom. The van der Waals surface area contributed by atoms with Crippen molar-refractivity contribution in [2.45, 2.75) is 32.8 Å². The van der Waals surface area contributed by atoms with Gasteiger partial charge in [-0.1, -0.05) is 12.1 Å². The van der Waals surface area contributed by atoms with Crippen molar-refractivity contribution < 1.29 is 19.0 Å². The van der Waals surface area contributed by atoms with E-state index in [1.54, 1.807) is 26.0 Å². The van der Waals surface area contributed by atoms with E-state index in [9.17, 15) is 14.3 Å². The van der Waals surface area contributed by atoms with Crippen LogP contribution in [0.5, 0.6) is 0 Å². The van der Waals surface area contributed by atoms with Crippen molar-refractivity contribution in [3.05, 3.63) is 53.9 Å². The second kappa shape index (κ2) is 9.12. The summed E-state index contributed by atoms with van der Waals surface area (Å²) in [6.07, 6.45) is 5.82. The van der Waals surface area contributed by atoms with E-state index in [1.807, 2.05) is 12.2 Å². The van der Waals surface area contributed by atoms with E-state index < -0.39 is 11.4 Å². The summed E-state index contributed by atoms with van der Waals surface area (Å²) in [5, 5.41) is 21.0. The van der Waals surface area contributed by atoms with Gasteiger partial charge in [-0.3, -0.25) is 4.79 Å². The fourth-order valence-electron chi connectivity index (χ4n) is 3.69. The number of hydrogen-bond acceptors (Lipinski definition) is 6. The number of allylic oxidation sites excluding steroid dienone is 2. The monoisotopic (exact) mass is 441 g/mol. The Morgan fingerprint density at radius 1 is 1.25 bits per heavy atom. The van der Waals surface area contributed by atoms with E-state index in [1.165, 1.54) is 12.1 Å². The first-order chi connectivity index (χ1) is 15.3. The zero-order chi connectivity index (χ0) is 22.7. The number of carboxylic acid groups (broad SMARTS) is 1. The Labute approximate surface area is 186 Å². The molecule has 1 fully saturated rings. The minimum Gasteiger partial charge on any atom is -0.481 e. The van der Waals surface area contributed by atoms with E-state index in [2.05, 4.69) is 25.4 Å². The minimum absolute atomic E-state index is 0.0793. The number of rotatable bonds is 7. The first kappa shape index (κ1) is 22.0. The van der Waals surface area contributed by atoms with Crippen molar-refractivity contribution in [1.82, 2.24) is 25.4 Å². The summed E-state index contributed by atoms with van der Waals surface area (Å²) >= 11 is 0. The van der Waals surface area contributed by atoms with Crippen molar-refractivity contribution in [3.63, 3.8) is 0 Å². The lowest BCUT2D eigenvalue weighted by Gasteiger charge is -2.36. The second-order valence-corrected chi connectivity index (χ2v) is 8.82. The molecule has 0 aliphatic carbocycles. The number of hydrogen-bond donors (Lipinski definition) is 3. The number of H-pyrrole nitrogens is 1. The topological polar surface area (TPSA) is 103 Å². The third-order valence-electron chi connectivity index (χ3n) is 5.83. The summed E-state index contributed by atoms with van der Waals surface area (Å²) in [6, 6.07) is 6.25. The van der Waals surface area contributed by atoms with Crippen molar-refractivity contribution in [1.29, 1.82) is 0 Å². The molecule has 0 atom stereocenters. The van der Waals surface area contributed by atoms with Crippen molar-refractivity contribution >= 4 is 11.5 Å². The standard InChI is InChI=1S/C23H28FN5O3/c1-23(2,22(30)31)14-32-18-8-10-29(11-9-18)19-7-6-16(13-25-19)21-26-20(27-28-21)15-4-3-5-17(24)12-15/h3-7,12,18,25H,8-11,13-14H2,1-2H3,(H,30,31)(H,26,27,28). The molecule has 1 aromatic heterocycles. The van der Waals surface area contributed by atoms with Crippen LogP contribution in [0, 0.1) is 11.2 Å². The van der Waals surface area contributed by atoms with Crippen LogP contribution in [0.2, 0.25) is 0 Å². The molecule has 4 rings (SSSR count). The van der Waals surface area contributed by atoms with Crippen LogP contribution in [0.4, 0.5) is 4.39 Å². The lowest BCUT2D eigenvalue weighted by Crippen LogP contribution is -2.42. The summed E-state index contributed by atoms with van der Waals surface area (Å²) in [7, 11) is 0. The quantitative estimate of drug-likeness (QED) is 0.607. The molecule has 2 aliphatic rings. The molecule has 2 aromatic rings. The number of ether oxygens (including phenoxy) is 1. The Morgan fingerprint density at radius 2 is 2.00 bits per heavy atom. The highest BCUT2D eigenvalue weighted by molar-refractivity contribution is 5.73. The lowest BCUT2D eigenvalue weighted by atomic mass is 9.95. The van der Waals surface area contributed by atoms with Crippen LogP contribution in [0.1, 0.15) is 32.5 Å². The van der Waals surface area contributed by atoms with Gasteiger partial charge in [0.15, 0.2) is 11.6 Å². The first-order valence-corrected chi connectivity index (χ1v) is 10.8. The SMILES string of the molecule is CC(C)(COC1CCN(C2=CC=C(c3nnc(-c4cccc(F)c4)[nH]3)CN2)CC1)C(=O)O. The Kier molecular flexibility index (Phi) is 6.27. The number of halogens is 1. The molecule has 0 unspecified atom stereocenters. The third kappa shape index (κ3) is 4.99. The van der Waals surface area contributed by atoms with Gasteiger partial charge in [0.1, 0.15) is 11.6 Å². The summed E-state index contributed by atoms with van der Waals surface area (Å²) in [5.41, 5.74) is 0.750. The largest absolute Gasteiger partial charge is 0.481 e. The number of likely N-dealkylation sites (tertiary alicyclic amines) is 1. The number of piperidine rings is 1. The number of carboxylic acids is 1. The maximum atomic E-state index is 13.5. The molecule has 0 spiro atoms. The van der Waals surface area contributed by atoms with Gasteiger partial charge >= 0.3 is 5.97 Å². The molecule has 0 bridgehead atoms. The highest BCUT2D eigenvalue weighted by Gasteiger charge is 2.30. The van der Waals surface area contributed by atoms with Crippen LogP contribution in [0.15, 0.2) is 42.2 Å². The zero-order valence-corrected chi connectivity index (χ0v) is 18.3. The van der Waals surface area contributed by atoms with Crippen LogP contribution in [0.25, 0.3) is 17.0 Å². The average Bonchev–Trinajstić information content (AvgIpc) is 3.29. The summed E-state index contributed by atoms with van der Waals surface area (Å²) in [4.78, 5) is 16.7. The van der Waals surface area contributed by atoms with Gasteiger partial charge in [-0.05, 0) is 51.0 Å². The van der Waals surface area contributed by atoms with Gasteiger partial charge in [0.05, 0.1) is 18.1 Å². The molecule has 9 heteroatoms. The maximum absolute atomic E-state index is 13.5. The summed E-state index contributed by atoms with van der Waals surface area (Å²) in [5.74, 6) is 1.07. The average molecular weight is 442 g/mol. The Bertz CT molecular complexity index is 1040. The van der Waals surface area contributed by atoms with E-state index >= 15 is 0 Å². The molecule has 8 nitrogen and oxygen atoms in total. The van der Waals surface area contributed by atoms with Crippen LogP contribution in [-0.2, 0) is 9.53 Å². The normalized spacial score (nSPS) is 17.5. The third-order valence-corrected chi connectivity index (χ3v) is 5.83. The lowest BCUT2D eigenvalue weighted by molar-refractivity contribution is -0.152. The smallest absolute Gasteiger partial charge is 0.311 e. The van der Waals surface area contributed by atoms with Gasteiger partial charge in [0.2, 0.25) is 0 Å². The summed E-state index contributed by atoms with van der Waals surface area (Å²) < 4.78 is 19.3. The molecule has 1 aromatic carbocycles. The maximum Gasteiger partial charge on any atom is 0.311 e. The number of benzene rings is 1. The van der Waals surface area contributed by atoms with Crippen LogP contribution < -0.4 is 5.32 Å². The number of dihydropyridines is 1. The molecule has 0 radical (unpaired) electrons. The molecule has 3 heterocycles. The number of carbonyl (C=O) groups is 1. The van der Waals surface area contributed by atoms with E-state index in [-0.39, 0.29) is 18.5 Å². The highest BCUT2D eigenvalue weighted by Crippen LogP contribution is 2.24. The van der Waals surface area contributed by atoms with E-state index in [0.29, 0.717) is 23.8 Å².